The van der Waals surface area contributed by atoms with Crippen molar-refractivity contribution in [2.45, 2.75) is 33.2 Å². The van der Waals surface area contributed by atoms with Gasteiger partial charge in [-0.3, -0.25) is 19.5 Å². The van der Waals surface area contributed by atoms with Crippen molar-refractivity contribution in [2.24, 2.45) is 7.05 Å². The van der Waals surface area contributed by atoms with Crippen molar-refractivity contribution in [3.05, 3.63) is 39.9 Å². The van der Waals surface area contributed by atoms with Crippen molar-refractivity contribution in [3.63, 3.8) is 0 Å². The van der Waals surface area contributed by atoms with Gasteiger partial charge in [-0.25, -0.2) is 14.5 Å². The molecule has 134 valence electrons. The first-order chi connectivity index (χ1) is 12.4. The largest absolute Gasteiger partial charge is 0.312 e. The minimum atomic E-state index is -0.396. The molecule has 0 fully saturated rings. The predicted octanol–water partition coefficient (Wildman–Crippen LogP) is 1.54. The van der Waals surface area contributed by atoms with Crippen molar-refractivity contribution in [3.8, 4) is 0 Å². The lowest BCUT2D eigenvalue weighted by Gasteiger charge is -2.08. The zero-order valence-corrected chi connectivity index (χ0v) is 14.8. The van der Waals surface area contributed by atoms with Crippen molar-refractivity contribution in [2.75, 3.05) is 0 Å². The van der Waals surface area contributed by atoms with Crippen LogP contribution in [0.25, 0.3) is 16.7 Å². The zero-order valence-electron chi connectivity index (χ0n) is 14.8. The number of nitrogens with zero attached hydrogens (tertiary/aromatic N) is 9. The predicted molar refractivity (Wildman–Crippen MR) is 91.8 cm³/mol. The summed E-state index contributed by atoms with van der Waals surface area (Å²) < 4.78 is 4.95. The van der Waals surface area contributed by atoms with E-state index in [1.54, 1.807) is 40.3 Å². The van der Waals surface area contributed by atoms with E-state index in [4.69, 9.17) is 0 Å². The van der Waals surface area contributed by atoms with E-state index in [0.29, 0.717) is 29.4 Å². The fraction of sp³-hybridized carbons (Fsp3) is 0.400. The second kappa shape index (κ2) is 5.58. The van der Waals surface area contributed by atoms with Gasteiger partial charge in [-0.1, -0.05) is 6.92 Å². The second-order valence-corrected chi connectivity index (χ2v) is 6.35. The molecule has 26 heavy (non-hydrogen) atoms. The van der Waals surface area contributed by atoms with Crippen LogP contribution in [0.3, 0.4) is 0 Å². The molecule has 4 aromatic heterocycles. The smallest absolute Gasteiger partial charge is 0.262 e. The summed E-state index contributed by atoms with van der Waals surface area (Å²) in [4.78, 5) is 19.7. The Bertz CT molecular complexity index is 1150. The van der Waals surface area contributed by atoms with Crippen LogP contribution in [0.2, 0.25) is 0 Å². The molecule has 0 aliphatic heterocycles. The van der Waals surface area contributed by atoms with Crippen LogP contribution in [0.4, 0.5) is 5.69 Å². The maximum absolute atomic E-state index is 11.2. The third-order valence-electron chi connectivity index (χ3n) is 4.50. The van der Waals surface area contributed by atoms with Crippen LogP contribution in [0.5, 0.6) is 0 Å². The highest BCUT2D eigenvalue weighted by Crippen LogP contribution is 2.25. The van der Waals surface area contributed by atoms with Gasteiger partial charge in [0.15, 0.2) is 17.1 Å². The number of aryl methyl sites for hydroxylation is 2. The first kappa shape index (κ1) is 16.1. The van der Waals surface area contributed by atoms with Gasteiger partial charge in [0.05, 0.1) is 23.1 Å². The van der Waals surface area contributed by atoms with E-state index < -0.39 is 4.92 Å². The molecular weight excluding hydrogens is 338 g/mol. The Morgan fingerprint density at radius 1 is 1.27 bits per heavy atom. The van der Waals surface area contributed by atoms with Gasteiger partial charge in [0.2, 0.25) is 0 Å². The van der Waals surface area contributed by atoms with Crippen molar-refractivity contribution >= 4 is 22.4 Å². The van der Waals surface area contributed by atoms with Gasteiger partial charge < -0.3 is 0 Å². The molecule has 1 atom stereocenters. The van der Waals surface area contributed by atoms with E-state index >= 15 is 0 Å². The number of aromatic nitrogens is 8. The number of hydrogen-bond donors (Lipinski definition) is 0. The molecule has 11 nitrogen and oxygen atoms in total. The first-order valence-corrected chi connectivity index (χ1v) is 8.08. The Labute approximate surface area is 147 Å². The quantitative estimate of drug-likeness (QED) is 0.402. The maximum Gasteiger partial charge on any atom is 0.312 e. The Balaban J connectivity index is 1.71. The van der Waals surface area contributed by atoms with Crippen molar-refractivity contribution in [1.29, 1.82) is 0 Å². The SMILES string of the molecule is Cc1nn(C[C@H](C)c2nc3c4cnn(C)c4ncn3n2)c(C)c1[N+](=O)[O-]. The lowest BCUT2D eigenvalue weighted by molar-refractivity contribution is -0.386. The molecule has 0 bridgehead atoms. The second-order valence-electron chi connectivity index (χ2n) is 6.35. The fourth-order valence-electron chi connectivity index (χ4n) is 3.13. The average Bonchev–Trinajstić information content (AvgIpc) is 3.24. The number of fused-ring (bicyclic) bond motifs is 3. The Morgan fingerprint density at radius 3 is 2.73 bits per heavy atom. The topological polar surface area (TPSA) is 122 Å². The van der Waals surface area contributed by atoms with Gasteiger partial charge >= 0.3 is 5.69 Å². The van der Waals surface area contributed by atoms with Crippen LogP contribution >= 0.6 is 0 Å². The number of hydrogen-bond acceptors (Lipinski definition) is 7. The molecule has 11 heteroatoms. The van der Waals surface area contributed by atoms with E-state index in [1.165, 1.54) is 0 Å². The van der Waals surface area contributed by atoms with E-state index in [2.05, 4.69) is 25.3 Å². The molecule has 0 aliphatic carbocycles. The van der Waals surface area contributed by atoms with E-state index in [0.717, 1.165) is 11.0 Å². The summed E-state index contributed by atoms with van der Waals surface area (Å²) in [5.74, 6) is 0.539. The van der Waals surface area contributed by atoms with Gasteiger partial charge in [-0.15, -0.1) is 5.10 Å². The summed E-state index contributed by atoms with van der Waals surface area (Å²) >= 11 is 0. The molecule has 0 saturated carbocycles. The van der Waals surface area contributed by atoms with Crippen molar-refractivity contribution < 1.29 is 4.92 Å². The van der Waals surface area contributed by atoms with Crippen molar-refractivity contribution in [1.82, 2.24) is 39.1 Å². The normalized spacial score (nSPS) is 12.9. The van der Waals surface area contributed by atoms with Crippen LogP contribution < -0.4 is 0 Å². The molecule has 0 aromatic carbocycles. The molecule has 0 radical (unpaired) electrons. The lowest BCUT2D eigenvalue weighted by Crippen LogP contribution is -2.11. The van der Waals surface area contributed by atoms with Gasteiger partial charge in [-0.05, 0) is 13.8 Å². The van der Waals surface area contributed by atoms with Gasteiger partial charge in [0.25, 0.3) is 0 Å². The molecule has 0 unspecified atom stereocenters. The highest BCUT2D eigenvalue weighted by atomic mass is 16.6. The Morgan fingerprint density at radius 2 is 2.04 bits per heavy atom. The van der Waals surface area contributed by atoms with Crippen LogP contribution in [-0.2, 0) is 13.6 Å². The Kier molecular flexibility index (Phi) is 3.46. The lowest BCUT2D eigenvalue weighted by atomic mass is 10.1. The minimum Gasteiger partial charge on any atom is -0.262 e. The van der Waals surface area contributed by atoms with Crippen LogP contribution in [0.15, 0.2) is 12.5 Å². The summed E-state index contributed by atoms with van der Waals surface area (Å²) in [6.07, 6.45) is 3.32. The number of nitro groups is 1. The molecule has 0 saturated heterocycles. The Hall–Kier alpha value is -3.37. The molecule has 0 amide bonds. The van der Waals surface area contributed by atoms with Crippen LogP contribution in [-0.4, -0.2) is 44.1 Å². The monoisotopic (exact) mass is 355 g/mol. The highest BCUT2D eigenvalue weighted by Gasteiger charge is 2.24. The van der Waals surface area contributed by atoms with Crippen LogP contribution in [0, 0.1) is 24.0 Å². The van der Waals surface area contributed by atoms with E-state index in [-0.39, 0.29) is 11.6 Å². The van der Waals surface area contributed by atoms with Crippen LogP contribution in [0.1, 0.15) is 30.1 Å². The maximum atomic E-state index is 11.2. The first-order valence-electron chi connectivity index (χ1n) is 8.08. The standard InChI is InChI=1S/C15H17N9O2/c1-8(6-22-10(3)12(24(25)26)9(2)19-22)13-18-15-11-5-17-21(4)14(11)16-7-23(15)20-13/h5,7-8H,6H2,1-4H3/t8-/m0/s1. The molecule has 0 spiro atoms. The molecule has 4 rings (SSSR count). The molecule has 0 aliphatic rings. The zero-order chi connectivity index (χ0) is 18.6. The summed E-state index contributed by atoms with van der Waals surface area (Å²) in [6, 6.07) is 0. The average molecular weight is 355 g/mol. The minimum absolute atomic E-state index is 0.0569. The van der Waals surface area contributed by atoms with E-state index in [9.17, 15) is 10.1 Å². The molecular formula is C15H17N9O2. The summed E-state index contributed by atoms with van der Waals surface area (Å²) in [7, 11) is 1.82. The third-order valence-corrected chi connectivity index (χ3v) is 4.50. The van der Waals surface area contributed by atoms with E-state index in [1.807, 2.05) is 14.0 Å². The summed E-state index contributed by atoms with van der Waals surface area (Å²) in [5.41, 5.74) is 2.41. The molecule has 4 heterocycles. The number of rotatable bonds is 4. The van der Waals surface area contributed by atoms with Gasteiger partial charge in [0, 0.05) is 13.0 Å². The summed E-state index contributed by atoms with van der Waals surface area (Å²) in [6.45, 7) is 5.75. The molecule has 0 N–H and O–H groups in total. The highest BCUT2D eigenvalue weighted by molar-refractivity contribution is 5.88. The fourth-order valence-corrected chi connectivity index (χ4v) is 3.13. The third kappa shape index (κ3) is 2.31. The molecule has 4 aromatic rings. The van der Waals surface area contributed by atoms with Gasteiger partial charge in [0.1, 0.15) is 17.7 Å². The van der Waals surface area contributed by atoms with Gasteiger partial charge in [-0.2, -0.15) is 10.2 Å². The summed E-state index contributed by atoms with van der Waals surface area (Å²) in [5, 5.41) is 25.0.